The van der Waals surface area contributed by atoms with Gasteiger partial charge in [-0.25, -0.2) is 0 Å². The molecular formula is C14H14BrNO2S. The van der Waals surface area contributed by atoms with E-state index in [0.717, 1.165) is 14.9 Å². The number of nitrogens with one attached hydrogen (secondary N) is 1. The third kappa shape index (κ3) is 3.43. The molecule has 0 saturated heterocycles. The van der Waals surface area contributed by atoms with E-state index in [0.29, 0.717) is 4.88 Å². The fraction of sp³-hybridized carbons (Fsp3) is 0.214. The monoisotopic (exact) mass is 339 g/mol. The van der Waals surface area contributed by atoms with Gasteiger partial charge in [0.1, 0.15) is 0 Å². The molecule has 0 spiro atoms. The maximum absolute atomic E-state index is 12.1. The zero-order valence-corrected chi connectivity index (χ0v) is 12.8. The molecule has 1 atom stereocenters. The van der Waals surface area contributed by atoms with Crippen LogP contribution in [0.1, 0.15) is 26.8 Å². The first-order valence-corrected chi connectivity index (χ1v) is 7.45. The van der Waals surface area contributed by atoms with Crippen LogP contribution >= 0.6 is 27.3 Å². The normalized spacial score (nSPS) is 12.2. The molecule has 0 saturated carbocycles. The molecule has 1 aromatic heterocycles. The number of amides is 1. The fourth-order valence-electron chi connectivity index (χ4n) is 1.72. The van der Waals surface area contributed by atoms with Gasteiger partial charge in [-0.2, -0.15) is 0 Å². The first-order chi connectivity index (χ1) is 9.11. The molecule has 0 unspecified atom stereocenters. The van der Waals surface area contributed by atoms with Crippen molar-refractivity contribution in [3.05, 3.63) is 56.2 Å². The number of benzene rings is 1. The Morgan fingerprint density at radius 1 is 1.42 bits per heavy atom. The highest BCUT2D eigenvalue weighted by atomic mass is 79.9. The molecule has 0 aliphatic heterocycles. The molecule has 0 aliphatic carbocycles. The Bertz CT molecular complexity index is 549. The molecule has 3 nitrogen and oxygen atoms in total. The van der Waals surface area contributed by atoms with Crippen molar-refractivity contribution >= 4 is 33.2 Å². The lowest BCUT2D eigenvalue weighted by Gasteiger charge is -2.16. The lowest BCUT2D eigenvalue weighted by molar-refractivity contribution is 0.0920. The van der Waals surface area contributed by atoms with E-state index in [1.807, 2.05) is 43.3 Å². The van der Waals surface area contributed by atoms with Crippen LogP contribution in [-0.4, -0.2) is 17.6 Å². The molecule has 2 aromatic rings. The molecule has 0 aliphatic rings. The Kier molecular flexibility index (Phi) is 4.74. The topological polar surface area (TPSA) is 49.3 Å². The Morgan fingerprint density at radius 2 is 2.11 bits per heavy atom. The summed E-state index contributed by atoms with van der Waals surface area (Å²) in [6, 6.07) is 10.9. The molecular weight excluding hydrogens is 326 g/mol. The molecule has 0 bridgehead atoms. The van der Waals surface area contributed by atoms with Crippen molar-refractivity contribution in [3.8, 4) is 0 Å². The van der Waals surface area contributed by atoms with E-state index in [1.54, 1.807) is 0 Å². The second kappa shape index (κ2) is 6.32. The van der Waals surface area contributed by atoms with E-state index in [2.05, 4.69) is 21.2 Å². The van der Waals surface area contributed by atoms with Crippen LogP contribution in [0.5, 0.6) is 0 Å². The molecule has 1 aromatic carbocycles. The van der Waals surface area contributed by atoms with Crippen molar-refractivity contribution in [3.63, 3.8) is 0 Å². The second-order valence-electron chi connectivity index (χ2n) is 4.19. The van der Waals surface area contributed by atoms with Crippen LogP contribution in [0.4, 0.5) is 0 Å². The maximum Gasteiger partial charge on any atom is 0.261 e. The highest BCUT2D eigenvalue weighted by molar-refractivity contribution is 9.11. The summed E-state index contributed by atoms with van der Waals surface area (Å²) in [7, 11) is 0. The van der Waals surface area contributed by atoms with Gasteiger partial charge in [0.05, 0.1) is 21.3 Å². The standard InChI is InChI=1S/C14H14BrNO2S/c1-9-7-12(19-13(9)15)14(18)16-11(8-17)10-5-3-2-4-6-10/h2-7,11,17H,8H2,1H3,(H,16,18)/t11-/m0/s1. The fourth-order valence-corrected chi connectivity index (χ4v) is 3.16. The Morgan fingerprint density at radius 3 is 2.63 bits per heavy atom. The lowest BCUT2D eigenvalue weighted by Crippen LogP contribution is -2.30. The Labute approximate surface area is 124 Å². The zero-order chi connectivity index (χ0) is 13.8. The number of hydrogen-bond acceptors (Lipinski definition) is 3. The summed E-state index contributed by atoms with van der Waals surface area (Å²) in [4.78, 5) is 12.8. The summed E-state index contributed by atoms with van der Waals surface area (Å²) >= 11 is 4.79. The molecule has 1 heterocycles. The molecule has 0 fully saturated rings. The van der Waals surface area contributed by atoms with Gasteiger partial charge in [0.25, 0.3) is 5.91 Å². The van der Waals surface area contributed by atoms with E-state index in [-0.39, 0.29) is 18.6 Å². The number of aryl methyl sites for hydroxylation is 1. The van der Waals surface area contributed by atoms with Crippen LogP contribution in [0.2, 0.25) is 0 Å². The highest BCUT2D eigenvalue weighted by Gasteiger charge is 2.17. The van der Waals surface area contributed by atoms with Crippen molar-refractivity contribution < 1.29 is 9.90 Å². The van der Waals surface area contributed by atoms with E-state index in [4.69, 9.17) is 0 Å². The van der Waals surface area contributed by atoms with Crippen LogP contribution in [0, 0.1) is 6.92 Å². The van der Waals surface area contributed by atoms with Gasteiger partial charge < -0.3 is 10.4 Å². The predicted octanol–water partition coefficient (Wildman–Crippen LogP) is 3.28. The van der Waals surface area contributed by atoms with Crippen LogP contribution in [-0.2, 0) is 0 Å². The molecule has 100 valence electrons. The number of carbonyl (C=O) groups is 1. The van der Waals surface area contributed by atoms with E-state index >= 15 is 0 Å². The van der Waals surface area contributed by atoms with Gasteiger partial charge in [0, 0.05) is 0 Å². The summed E-state index contributed by atoms with van der Waals surface area (Å²) < 4.78 is 0.956. The van der Waals surface area contributed by atoms with E-state index in [1.165, 1.54) is 11.3 Å². The first kappa shape index (κ1) is 14.2. The van der Waals surface area contributed by atoms with Crippen molar-refractivity contribution in [1.29, 1.82) is 0 Å². The Hall–Kier alpha value is -1.17. The summed E-state index contributed by atoms with van der Waals surface area (Å²) in [5.74, 6) is -0.165. The SMILES string of the molecule is Cc1cc(C(=O)N[C@@H](CO)c2ccccc2)sc1Br. The van der Waals surface area contributed by atoms with Crippen LogP contribution in [0.3, 0.4) is 0 Å². The molecule has 2 rings (SSSR count). The average molecular weight is 340 g/mol. The van der Waals surface area contributed by atoms with Gasteiger partial charge >= 0.3 is 0 Å². The minimum absolute atomic E-state index is 0.124. The number of aliphatic hydroxyl groups is 1. The van der Waals surface area contributed by atoms with Gasteiger partial charge in [-0.3, -0.25) is 4.79 Å². The smallest absolute Gasteiger partial charge is 0.261 e. The van der Waals surface area contributed by atoms with Crippen LogP contribution < -0.4 is 5.32 Å². The van der Waals surface area contributed by atoms with Crippen molar-refractivity contribution in [2.75, 3.05) is 6.61 Å². The van der Waals surface area contributed by atoms with Crippen molar-refractivity contribution in [1.82, 2.24) is 5.32 Å². The quantitative estimate of drug-likeness (QED) is 0.897. The van der Waals surface area contributed by atoms with Crippen molar-refractivity contribution in [2.45, 2.75) is 13.0 Å². The zero-order valence-electron chi connectivity index (χ0n) is 10.4. The van der Waals surface area contributed by atoms with Gasteiger partial charge in [0.2, 0.25) is 0 Å². The third-order valence-electron chi connectivity index (χ3n) is 2.77. The summed E-state index contributed by atoms with van der Waals surface area (Å²) in [5, 5.41) is 12.3. The molecule has 5 heteroatoms. The first-order valence-electron chi connectivity index (χ1n) is 5.84. The molecule has 1 amide bonds. The maximum atomic E-state index is 12.1. The number of rotatable bonds is 4. The molecule has 19 heavy (non-hydrogen) atoms. The van der Waals surface area contributed by atoms with Gasteiger partial charge in [-0.1, -0.05) is 30.3 Å². The molecule has 0 radical (unpaired) electrons. The predicted molar refractivity (Wildman–Crippen MR) is 80.5 cm³/mol. The van der Waals surface area contributed by atoms with Crippen LogP contribution in [0.15, 0.2) is 40.2 Å². The highest BCUT2D eigenvalue weighted by Crippen LogP contribution is 2.27. The van der Waals surface area contributed by atoms with Gasteiger partial charge in [-0.15, -0.1) is 11.3 Å². The number of aliphatic hydroxyl groups excluding tert-OH is 1. The number of carbonyl (C=O) groups excluding carboxylic acids is 1. The summed E-state index contributed by atoms with van der Waals surface area (Å²) in [6.07, 6.45) is 0. The third-order valence-corrected chi connectivity index (χ3v) is 4.91. The van der Waals surface area contributed by atoms with E-state index in [9.17, 15) is 9.90 Å². The second-order valence-corrected chi connectivity index (χ2v) is 6.56. The number of halogens is 1. The molecule has 2 N–H and O–H groups in total. The minimum atomic E-state index is -0.380. The van der Waals surface area contributed by atoms with E-state index < -0.39 is 0 Å². The number of hydrogen-bond donors (Lipinski definition) is 2. The van der Waals surface area contributed by atoms with Crippen LogP contribution in [0.25, 0.3) is 0 Å². The number of thiophene rings is 1. The minimum Gasteiger partial charge on any atom is -0.394 e. The van der Waals surface area contributed by atoms with Gasteiger partial charge in [0.15, 0.2) is 0 Å². The lowest BCUT2D eigenvalue weighted by atomic mass is 10.1. The van der Waals surface area contributed by atoms with Crippen molar-refractivity contribution in [2.24, 2.45) is 0 Å². The largest absolute Gasteiger partial charge is 0.394 e. The average Bonchev–Trinajstić information content (AvgIpc) is 2.77. The van der Waals surface area contributed by atoms with Gasteiger partial charge in [-0.05, 0) is 40.0 Å². The summed E-state index contributed by atoms with van der Waals surface area (Å²) in [6.45, 7) is 1.82. The summed E-state index contributed by atoms with van der Waals surface area (Å²) in [5.41, 5.74) is 1.93. The Balaban J connectivity index is 2.13.